The largest absolute Gasteiger partial charge is 0.352 e. The summed E-state index contributed by atoms with van der Waals surface area (Å²) in [5, 5.41) is 4.14. The Labute approximate surface area is 291 Å². The van der Waals surface area contributed by atoms with Gasteiger partial charge in [-0.25, -0.2) is 8.42 Å². The molecule has 11 heteroatoms. The fourth-order valence-electron chi connectivity index (χ4n) is 5.84. The van der Waals surface area contributed by atoms with E-state index in [9.17, 15) is 18.0 Å². The number of aryl methyl sites for hydroxylation is 1. The molecule has 0 aromatic heterocycles. The minimum atomic E-state index is -4.24. The van der Waals surface area contributed by atoms with Crippen molar-refractivity contribution in [3.8, 4) is 0 Å². The number of nitrogens with one attached hydrogen (secondary N) is 1. The number of anilines is 1. The Morgan fingerprint density at radius 1 is 0.830 bits per heavy atom. The third-order valence-electron chi connectivity index (χ3n) is 8.36. The molecule has 7 nitrogen and oxygen atoms in total. The average molecular weight is 713 g/mol. The van der Waals surface area contributed by atoms with Gasteiger partial charge in [-0.3, -0.25) is 13.9 Å². The highest BCUT2D eigenvalue weighted by Gasteiger charge is 2.36. The fourth-order valence-corrected chi connectivity index (χ4v) is 7.82. The van der Waals surface area contributed by atoms with E-state index in [0.717, 1.165) is 35.6 Å². The van der Waals surface area contributed by atoms with Crippen molar-refractivity contribution >= 4 is 62.3 Å². The molecule has 1 aliphatic rings. The highest BCUT2D eigenvalue weighted by Crippen LogP contribution is 2.31. The zero-order valence-corrected chi connectivity index (χ0v) is 29.0. The molecule has 0 saturated heterocycles. The molecule has 5 rings (SSSR count). The maximum absolute atomic E-state index is 14.7. The van der Waals surface area contributed by atoms with E-state index in [2.05, 4.69) is 5.32 Å². The summed E-state index contributed by atoms with van der Waals surface area (Å²) in [6.07, 6.45) is 3.98. The van der Waals surface area contributed by atoms with Crippen LogP contribution in [-0.2, 0) is 32.6 Å². The van der Waals surface area contributed by atoms with E-state index in [1.54, 1.807) is 55.5 Å². The van der Waals surface area contributed by atoms with Crippen molar-refractivity contribution in [3.05, 3.63) is 129 Å². The van der Waals surface area contributed by atoms with Gasteiger partial charge in [0.15, 0.2) is 0 Å². The summed E-state index contributed by atoms with van der Waals surface area (Å²) in [4.78, 5) is 30.3. The minimum absolute atomic E-state index is 0.00627. The molecule has 1 fully saturated rings. The van der Waals surface area contributed by atoms with E-state index in [1.807, 2.05) is 30.3 Å². The van der Waals surface area contributed by atoms with Gasteiger partial charge in [0, 0.05) is 24.0 Å². The summed E-state index contributed by atoms with van der Waals surface area (Å²) in [5.74, 6) is -0.872. The van der Waals surface area contributed by atoms with Crippen LogP contribution in [0.15, 0.2) is 102 Å². The molecule has 4 aromatic carbocycles. The predicted octanol–water partition coefficient (Wildman–Crippen LogP) is 7.85. The Balaban J connectivity index is 1.60. The van der Waals surface area contributed by atoms with Crippen LogP contribution < -0.4 is 9.62 Å². The topological polar surface area (TPSA) is 86.8 Å². The Kier molecular flexibility index (Phi) is 11.5. The van der Waals surface area contributed by atoms with Crippen molar-refractivity contribution in [3.63, 3.8) is 0 Å². The number of halogens is 3. The molecule has 0 bridgehead atoms. The Hall–Kier alpha value is -3.56. The van der Waals surface area contributed by atoms with E-state index >= 15 is 0 Å². The van der Waals surface area contributed by atoms with Crippen LogP contribution in [0.5, 0.6) is 0 Å². The lowest BCUT2D eigenvalue weighted by molar-refractivity contribution is -0.140. The Morgan fingerprint density at radius 2 is 1.49 bits per heavy atom. The highest BCUT2D eigenvalue weighted by atomic mass is 35.5. The van der Waals surface area contributed by atoms with Crippen molar-refractivity contribution in [2.75, 3.05) is 10.8 Å². The summed E-state index contributed by atoms with van der Waals surface area (Å²) in [6, 6.07) is 26.3. The smallest absolute Gasteiger partial charge is 0.264 e. The molecule has 0 aliphatic heterocycles. The predicted molar refractivity (Wildman–Crippen MR) is 189 cm³/mol. The molecule has 1 saturated carbocycles. The summed E-state index contributed by atoms with van der Waals surface area (Å²) in [6.45, 7) is 1.16. The average Bonchev–Trinajstić information content (AvgIpc) is 3.58. The molecule has 0 heterocycles. The maximum atomic E-state index is 14.7. The first kappa shape index (κ1) is 34.8. The van der Waals surface area contributed by atoms with Crippen LogP contribution in [-0.4, -0.2) is 43.8 Å². The first-order valence-corrected chi connectivity index (χ1v) is 18.0. The number of sulfonamides is 1. The van der Waals surface area contributed by atoms with Gasteiger partial charge in [0.1, 0.15) is 12.6 Å². The van der Waals surface area contributed by atoms with Gasteiger partial charge in [-0.1, -0.05) is 108 Å². The van der Waals surface area contributed by atoms with Gasteiger partial charge < -0.3 is 10.2 Å². The normalized spacial score (nSPS) is 14.0. The van der Waals surface area contributed by atoms with E-state index in [0.29, 0.717) is 26.2 Å². The molecule has 0 spiro atoms. The third kappa shape index (κ3) is 8.68. The zero-order chi connectivity index (χ0) is 33.6. The highest BCUT2D eigenvalue weighted by molar-refractivity contribution is 7.92. The van der Waals surface area contributed by atoms with Crippen LogP contribution in [0.3, 0.4) is 0 Å². The molecule has 4 aromatic rings. The molecular formula is C36H36Cl3N3O4S. The lowest BCUT2D eigenvalue weighted by atomic mass is 10.0. The van der Waals surface area contributed by atoms with Crippen LogP contribution in [0.2, 0.25) is 15.1 Å². The molecule has 1 atom stereocenters. The standard InChI is InChI=1S/C36H36Cl3N3O4S/c1-25-16-18-28(37)22-33(25)42(47(45,46)30-14-6-3-7-15-30)24-35(43)41(23-27-17-19-31(38)32(39)20-27)34(21-26-10-4-2-5-11-26)36(44)40-29-12-8-9-13-29/h2-7,10-11,14-20,22,29,34H,8-9,12-13,21,23-24H2,1H3,(H,40,44)/t34-/m1/s1. The zero-order valence-electron chi connectivity index (χ0n) is 25.9. The number of amides is 2. The van der Waals surface area contributed by atoms with Crippen molar-refractivity contribution in [1.29, 1.82) is 0 Å². The van der Waals surface area contributed by atoms with Crippen molar-refractivity contribution < 1.29 is 18.0 Å². The summed E-state index contributed by atoms with van der Waals surface area (Å²) >= 11 is 18.9. The van der Waals surface area contributed by atoms with E-state index in [4.69, 9.17) is 34.8 Å². The maximum Gasteiger partial charge on any atom is 0.264 e. The second-order valence-electron chi connectivity index (χ2n) is 11.7. The van der Waals surface area contributed by atoms with Gasteiger partial charge in [0.05, 0.1) is 20.6 Å². The van der Waals surface area contributed by atoms with Crippen molar-refractivity contribution in [2.45, 2.75) is 62.6 Å². The summed E-state index contributed by atoms with van der Waals surface area (Å²) in [5.41, 5.74) is 2.36. The lowest BCUT2D eigenvalue weighted by Gasteiger charge is -2.34. The summed E-state index contributed by atoms with van der Waals surface area (Å²) < 4.78 is 29.5. The van der Waals surface area contributed by atoms with Crippen molar-refractivity contribution in [2.24, 2.45) is 0 Å². The molecule has 2 amide bonds. The van der Waals surface area contributed by atoms with Crippen molar-refractivity contribution in [1.82, 2.24) is 10.2 Å². The number of benzene rings is 4. The molecule has 1 aliphatic carbocycles. The fraction of sp³-hybridized carbons (Fsp3) is 0.278. The van der Waals surface area contributed by atoms with Gasteiger partial charge in [0.2, 0.25) is 11.8 Å². The van der Waals surface area contributed by atoms with E-state index < -0.39 is 28.5 Å². The van der Waals surface area contributed by atoms with Crippen LogP contribution in [0.4, 0.5) is 5.69 Å². The number of hydrogen-bond acceptors (Lipinski definition) is 4. The van der Waals surface area contributed by atoms with Gasteiger partial charge >= 0.3 is 0 Å². The quantitative estimate of drug-likeness (QED) is 0.162. The van der Waals surface area contributed by atoms with E-state index in [-0.39, 0.29) is 35.5 Å². The van der Waals surface area contributed by atoms with Crippen LogP contribution in [0.25, 0.3) is 0 Å². The van der Waals surface area contributed by atoms with Gasteiger partial charge in [-0.2, -0.15) is 0 Å². The Bertz CT molecular complexity index is 1820. The molecular weight excluding hydrogens is 677 g/mol. The molecule has 47 heavy (non-hydrogen) atoms. The second-order valence-corrected chi connectivity index (χ2v) is 14.8. The number of hydrogen-bond donors (Lipinski definition) is 1. The summed E-state index contributed by atoms with van der Waals surface area (Å²) in [7, 11) is -4.24. The lowest BCUT2D eigenvalue weighted by Crippen LogP contribution is -2.54. The molecule has 0 radical (unpaired) electrons. The monoisotopic (exact) mass is 711 g/mol. The van der Waals surface area contributed by atoms with Crippen LogP contribution >= 0.6 is 34.8 Å². The third-order valence-corrected chi connectivity index (χ3v) is 11.1. The minimum Gasteiger partial charge on any atom is -0.352 e. The van der Waals surface area contributed by atoms with Gasteiger partial charge in [-0.05, 0) is 72.9 Å². The van der Waals surface area contributed by atoms with Gasteiger partial charge in [-0.15, -0.1) is 0 Å². The van der Waals surface area contributed by atoms with Crippen LogP contribution in [0.1, 0.15) is 42.4 Å². The first-order valence-electron chi connectivity index (χ1n) is 15.4. The molecule has 1 N–H and O–H groups in total. The Morgan fingerprint density at radius 3 is 2.15 bits per heavy atom. The number of nitrogens with zero attached hydrogens (tertiary/aromatic N) is 2. The molecule has 246 valence electrons. The van der Waals surface area contributed by atoms with Crippen LogP contribution in [0, 0.1) is 6.92 Å². The van der Waals surface area contributed by atoms with Gasteiger partial charge in [0.25, 0.3) is 10.0 Å². The van der Waals surface area contributed by atoms with E-state index in [1.165, 1.54) is 23.1 Å². The molecule has 0 unspecified atom stereocenters. The first-order chi connectivity index (χ1) is 22.5. The number of carbonyl (C=O) groups is 2. The second kappa shape index (κ2) is 15.6. The number of rotatable bonds is 12. The SMILES string of the molecule is Cc1ccc(Cl)cc1N(CC(=O)N(Cc1ccc(Cl)c(Cl)c1)[C@H](Cc1ccccc1)C(=O)NC1CCCC1)S(=O)(=O)c1ccccc1. The number of carbonyl (C=O) groups excluding carboxylic acids is 2.